The molecule has 0 radical (unpaired) electrons. The van der Waals surface area contributed by atoms with Crippen LogP contribution in [0.1, 0.15) is 29.8 Å². The number of aryl methyl sites for hydroxylation is 2. The van der Waals surface area contributed by atoms with E-state index in [1.54, 1.807) is 7.05 Å². The van der Waals surface area contributed by atoms with Crippen LogP contribution >= 0.6 is 24.0 Å². The van der Waals surface area contributed by atoms with Crippen LogP contribution in [0.25, 0.3) is 0 Å². The van der Waals surface area contributed by atoms with Gasteiger partial charge in [0.2, 0.25) is 0 Å². The van der Waals surface area contributed by atoms with Gasteiger partial charge in [-0.1, -0.05) is 11.6 Å². The predicted octanol–water partition coefficient (Wildman–Crippen LogP) is 2.06. The van der Waals surface area contributed by atoms with Crippen LogP contribution < -0.4 is 10.6 Å². The summed E-state index contributed by atoms with van der Waals surface area (Å²) in [5.41, 5.74) is 4.95. The summed E-state index contributed by atoms with van der Waals surface area (Å²) in [5.74, 6) is 0.829. The summed E-state index contributed by atoms with van der Waals surface area (Å²) in [4.78, 5) is 4.27. The zero-order valence-electron chi connectivity index (χ0n) is 14.5. The predicted molar refractivity (Wildman–Crippen MR) is 104 cm³/mol. The number of aromatic nitrogens is 2. The van der Waals surface area contributed by atoms with Gasteiger partial charge in [-0.3, -0.25) is 9.67 Å². The Morgan fingerprint density at radius 1 is 1.39 bits per heavy atom. The van der Waals surface area contributed by atoms with E-state index in [1.807, 2.05) is 18.7 Å². The fourth-order valence-corrected chi connectivity index (χ4v) is 2.60. The number of guanidine groups is 1. The maximum absolute atomic E-state index is 5.32. The molecule has 1 aliphatic heterocycles. The minimum absolute atomic E-state index is 0. The summed E-state index contributed by atoms with van der Waals surface area (Å²) in [6.45, 7) is 7.35. The molecule has 2 rings (SSSR count). The zero-order valence-corrected chi connectivity index (χ0v) is 16.8. The van der Waals surface area contributed by atoms with Gasteiger partial charge in [0.1, 0.15) is 0 Å². The first-order valence-corrected chi connectivity index (χ1v) is 7.81. The van der Waals surface area contributed by atoms with Crippen LogP contribution in [0.4, 0.5) is 0 Å². The maximum Gasteiger partial charge on any atom is 0.191 e. The van der Waals surface area contributed by atoms with Crippen molar-refractivity contribution in [1.29, 1.82) is 0 Å². The molecule has 0 aliphatic carbocycles. The summed E-state index contributed by atoms with van der Waals surface area (Å²) in [7, 11) is 3.77. The van der Waals surface area contributed by atoms with E-state index in [0.29, 0.717) is 0 Å². The molecule has 2 heterocycles. The van der Waals surface area contributed by atoms with E-state index in [-0.39, 0.29) is 24.0 Å². The molecule has 0 atom stereocenters. The summed E-state index contributed by atoms with van der Waals surface area (Å²) >= 11 is 0. The van der Waals surface area contributed by atoms with Crippen molar-refractivity contribution in [2.75, 3.05) is 26.8 Å². The molecule has 7 heteroatoms. The molecule has 0 aromatic carbocycles. The Bertz CT molecular complexity index is 565. The Kier molecular flexibility index (Phi) is 8.60. The lowest BCUT2D eigenvalue weighted by Crippen LogP contribution is -2.37. The van der Waals surface area contributed by atoms with Crippen molar-refractivity contribution >= 4 is 29.9 Å². The second-order valence-electron chi connectivity index (χ2n) is 5.56. The van der Waals surface area contributed by atoms with Gasteiger partial charge in [-0.2, -0.15) is 5.10 Å². The Labute approximate surface area is 155 Å². The molecule has 0 amide bonds. The lowest BCUT2D eigenvalue weighted by atomic mass is 10.1. The average Bonchev–Trinajstić information content (AvgIpc) is 2.77. The molecule has 1 aliphatic rings. The number of halogens is 1. The normalized spacial score (nSPS) is 15.0. The molecule has 23 heavy (non-hydrogen) atoms. The van der Waals surface area contributed by atoms with Gasteiger partial charge in [-0.05, 0) is 26.7 Å². The van der Waals surface area contributed by atoms with Crippen molar-refractivity contribution in [1.82, 2.24) is 20.4 Å². The first-order chi connectivity index (χ1) is 10.6. The molecule has 1 aromatic heterocycles. The molecule has 0 fully saturated rings. The Morgan fingerprint density at radius 2 is 2.17 bits per heavy atom. The highest BCUT2D eigenvalue weighted by atomic mass is 127. The Morgan fingerprint density at radius 3 is 2.74 bits per heavy atom. The molecule has 1 aromatic rings. The van der Waals surface area contributed by atoms with E-state index < -0.39 is 0 Å². The van der Waals surface area contributed by atoms with Gasteiger partial charge < -0.3 is 15.4 Å². The van der Waals surface area contributed by atoms with E-state index in [9.17, 15) is 0 Å². The molecule has 0 spiro atoms. The SMILES string of the molecule is CN=C(NCCC1=CCOCC1)NCc1c(C)nn(C)c1C.I. The fraction of sp³-hybridized carbons (Fsp3) is 0.625. The minimum Gasteiger partial charge on any atom is -0.377 e. The Hall–Kier alpha value is -1.09. The van der Waals surface area contributed by atoms with Crippen molar-refractivity contribution in [2.24, 2.45) is 12.0 Å². The van der Waals surface area contributed by atoms with E-state index in [0.717, 1.165) is 50.8 Å². The monoisotopic (exact) mass is 433 g/mol. The molecular weight excluding hydrogens is 405 g/mol. The molecule has 0 saturated heterocycles. The molecule has 6 nitrogen and oxygen atoms in total. The number of hydrogen-bond acceptors (Lipinski definition) is 3. The van der Waals surface area contributed by atoms with Gasteiger partial charge in [0, 0.05) is 38.4 Å². The number of hydrogen-bond donors (Lipinski definition) is 2. The minimum atomic E-state index is 0. The fourth-order valence-electron chi connectivity index (χ4n) is 2.60. The number of rotatable bonds is 5. The molecular formula is C16H28IN5O. The zero-order chi connectivity index (χ0) is 15.9. The highest BCUT2D eigenvalue weighted by Gasteiger charge is 2.10. The number of aliphatic imine (C=N–C) groups is 1. The van der Waals surface area contributed by atoms with Crippen LogP contribution in [0.15, 0.2) is 16.6 Å². The van der Waals surface area contributed by atoms with Crippen LogP contribution in [-0.2, 0) is 18.3 Å². The summed E-state index contributed by atoms with van der Waals surface area (Å²) in [6.07, 6.45) is 4.26. The summed E-state index contributed by atoms with van der Waals surface area (Å²) < 4.78 is 7.24. The second kappa shape index (κ2) is 9.92. The van der Waals surface area contributed by atoms with Crippen molar-refractivity contribution in [3.05, 3.63) is 28.6 Å². The van der Waals surface area contributed by atoms with Crippen LogP contribution in [0.3, 0.4) is 0 Å². The first kappa shape index (κ1) is 20.0. The largest absolute Gasteiger partial charge is 0.377 e. The standard InChI is InChI=1S/C16H27N5O.HI/c1-12-15(13(2)21(4)20-12)11-19-16(17-3)18-8-5-14-6-9-22-10-7-14;/h6H,5,7-11H2,1-4H3,(H2,17,18,19);1H. The number of nitrogens with one attached hydrogen (secondary N) is 2. The lowest BCUT2D eigenvalue weighted by molar-refractivity contribution is 0.153. The molecule has 0 unspecified atom stereocenters. The van der Waals surface area contributed by atoms with Crippen LogP contribution in [0.5, 0.6) is 0 Å². The van der Waals surface area contributed by atoms with Gasteiger partial charge in [-0.25, -0.2) is 0 Å². The van der Waals surface area contributed by atoms with Crippen molar-refractivity contribution in [2.45, 2.75) is 33.2 Å². The highest BCUT2D eigenvalue weighted by molar-refractivity contribution is 14.0. The van der Waals surface area contributed by atoms with Gasteiger partial charge in [0.15, 0.2) is 5.96 Å². The van der Waals surface area contributed by atoms with Gasteiger partial charge in [-0.15, -0.1) is 24.0 Å². The second-order valence-corrected chi connectivity index (χ2v) is 5.56. The van der Waals surface area contributed by atoms with E-state index >= 15 is 0 Å². The van der Waals surface area contributed by atoms with E-state index in [2.05, 4.69) is 33.7 Å². The number of nitrogens with zero attached hydrogens (tertiary/aromatic N) is 3. The summed E-state index contributed by atoms with van der Waals surface area (Å²) in [5, 5.41) is 11.2. The molecule has 0 saturated carbocycles. The highest BCUT2D eigenvalue weighted by Crippen LogP contribution is 2.12. The third kappa shape index (κ3) is 5.80. The van der Waals surface area contributed by atoms with Crippen LogP contribution in [0, 0.1) is 13.8 Å². The van der Waals surface area contributed by atoms with Crippen molar-refractivity contribution in [3.8, 4) is 0 Å². The number of ether oxygens (including phenoxy) is 1. The van der Waals surface area contributed by atoms with Gasteiger partial charge in [0.05, 0.1) is 18.9 Å². The quantitative estimate of drug-likeness (QED) is 0.323. The van der Waals surface area contributed by atoms with Crippen molar-refractivity contribution in [3.63, 3.8) is 0 Å². The van der Waals surface area contributed by atoms with Gasteiger partial charge in [0.25, 0.3) is 0 Å². The summed E-state index contributed by atoms with van der Waals surface area (Å²) in [6, 6.07) is 0. The van der Waals surface area contributed by atoms with Crippen molar-refractivity contribution < 1.29 is 4.74 Å². The Balaban J connectivity index is 0.00000264. The third-order valence-electron chi connectivity index (χ3n) is 4.11. The van der Waals surface area contributed by atoms with Crippen LogP contribution in [0.2, 0.25) is 0 Å². The van der Waals surface area contributed by atoms with E-state index in [4.69, 9.17) is 4.74 Å². The molecule has 0 bridgehead atoms. The average molecular weight is 433 g/mol. The lowest BCUT2D eigenvalue weighted by Gasteiger charge is -2.15. The third-order valence-corrected chi connectivity index (χ3v) is 4.11. The topological polar surface area (TPSA) is 63.5 Å². The van der Waals surface area contributed by atoms with Gasteiger partial charge >= 0.3 is 0 Å². The first-order valence-electron chi connectivity index (χ1n) is 7.81. The molecule has 2 N–H and O–H groups in total. The smallest absolute Gasteiger partial charge is 0.191 e. The molecule has 130 valence electrons. The van der Waals surface area contributed by atoms with Crippen LogP contribution in [-0.4, -0.2) is 42.5 Å². The maximum atomic E-state index is 5.32. The van der Waals surface area contributed by atoms with E-state index in [1.165, 1.54) is 16.8 Å².